The summed E-state index contributed by atoms with van der Waals surface area (Å²) in [5, 5.41) is 0. The number of Topliss-reactive ketones (excluding diaryl/α,β-unsaturated/α-hetero) is 1. The molecule has 0 atom stereocenters. The van der Waals surface area contributed by atoms with E-state index in [1.165, 1.54) is 6.92 Å². The molecule has 0 aromatic heterocycles. The maximum atomic E-state index is 12.0. The number of carbonyl (C=O) groups excluding carboxylic acids is 1. The summed E-state index contributed by atoms with van der Waals surface area (Å²) in [6, 6.07) is 2.16. The first-order valence-electron chi connectivity index (χ1n) is 4.93. The highest BCUT2D eigenvalue weighted by atomic mass is 19.4. The minimum absolute atomic E-state index is 0.0618. The molecule has 17 heavy (non-hydrogen) atoms. The van der Waals surface area contributed by atoms with Gasteiger partial charge in [0.1, 0.15) is 5.75 Å². The van der Waals surface area contributed by atoms with E-state index in [1.807, 2.05) is 0 Å². The molecule has 0 bridgehead atoms. The summed E-state index contributed by atoms with van der Waals surface area (Å²) in [5.74, 6) is -0.751. The van der Waals surface area contributed by atoms with Crippen LogP contribution in [0.15, 0.2) is 12.1 Å². The Bertz CT molecular complexity index is 441. The van der Waals surface area contributed by atoms with E-state index in [2.05, 4.69) is 4.74 Å². The maximum absolute atomic E-state index is 12.0. The minimum Gasteiger partial charge on any atom is -0.406 e. The zero-order valence-electron chi connectivity index (χ0n) is 9.39. The van der Waals surface area contributed by atoms with Crippen LogP contribution in [-0.2, 0) is 0 Å². The molecule has 0 heterocycles. The molecular weight excluding hydrogens is 235 g/mol. The number of hydrogen-bond donors (Lipinski definition) is 1. The van der Waals surface area contributed by atoms with Gasteiger partial charge in [0, 0.05) is 17.7 Å². The van der Waals surface area contributed by atoms with E-state index < -0.39 is 12.1 Å². The number of anilines is 1. The van der Waals surface area contributed by atoms with Crippen LogP contribution in [0.4, 0.5) is 18.9 Å². The van der Waals surface area contributed by atoms with Crippen LogP contribution in [0.25, 0.3) is 0 Å². The highest BCUT2D eigenvalue weighted by Crippen LogP contribution is 2.29. The molecule has 0 aliphatic carbocycles. The van der Waals surface area contributed by atoms with E-state index in [1.54, 1.807) is 6.92 Å². The number of ketones is 1. The van der Waals surface area contributed by atoms with Crippen LogP contribution in [0.3, 0.4) is 0 Å². The van der Waals surface area contributed by atoms with Gasteiger partial charge in [0.25, 0.3) is 0 Å². The van der Waals surface area contributed by atoms with Crippen molar-refractivity contribution in [3.63, 3.8) is 0 Å². The molecule has 0 aliphatic rings. The standard InChI is InChI=1S/C11H12F3NO2/c1-3-9(16)8-5-7(17-11(12,13)14)4-6(2)10(8)15/h4-5H,3,15H2,1-2H3. The Balaban J connectivity index is 3.19. The van der Waals surface area contributed by atoms with Crippen LogP contribution in [0, 0.1) is 6.92 Å². The van der Waals surface area contributed by atoms with E-state index in [4.69, 9.17) is 5.73 Å². The normalized spacial score (nSPS) is 11.4. The van der Waals surface area contributed by atoms with Gasteiger partial charge < -0.3 is 10.5 Å². The Morgan fingerprint density at radius 3 is 2.47 bits per heavy atom. The van der Waals surface area contributed by atoms with Gasteiger partial charge in [-0.1, -0.05) is 6.92 Å². The summed E-state index contributed by atoms with van der Waals surface area (Å²) in [4.78, 5) is 11.5. The van der Waals surface area contributed by atoms with Crippen LogP contribution in [0.1, 0.15) is 29.3 Å². The number of alkyl halides is 3. The van der Waals surface area contributed by atoms with Crippen LogP contribution < -0.4 is 10.5 Å². The number of rotatable bonds is 3. The van der Waals surface area contributed by atoms with Crippen molar-refractivity contribution in [3.05, 3.63) is 23.3 Å². The van der Waals surface area contributed by atoms with Crippen molar-refractivity contribution in [2.24, 2.45) is 0 Å². The summed E-state index contributed by atoms with van der Waals surface area (Å²) >= 11 is 0. The molecule has 0 aliphatic heterocycles. The molecule has 0 fully saturated rings. The van der Waals surface area contributed by atoms with Gasteiger partial charge in [-0.05, 0) is 24.6 Å². The minimum atomic E-state index is -4.78. The fourth-order valence-electron chi connectivity index (χ4n) is 1.38. The third-order valence-corrected chi connectivity index (χ3v) is 2.22. The third-order valence-electron chi connectivity index (χ3n) is 2.22. The smallest absolute Gasteiger partial charge is 0.406 e. The molecule has 0 amide bonds. The van der Waals surface area contributed by atoms with Crippen molar-refractivity contribution >= 4 is 11.5 Å². The zero-order valence-corrected chi connectivity index (χ0v) is 9.39. The predicted molar refractivity (Wildman–Crippen MR) is 56.9 cm³/mol. The maximum Gasteiger partial charge on any atom is 0.573 e. The Kier molecular flexibility index (Phi) is 3.65. The first kappa shape index (κ1) is 13.3. The average molecular weight is 247 g/mol. The van der Waals surface area contributed by atoms with Gasteiger partial charge in [0.2, 0.25) is 0 Å². The van der Waals surface area contributed by atoms with Crippen molar-refractivity contribution in [1.29, 1.82) is 0 Å². The molecule has 0 saturated heterocycles. The number of carbonyl (C=O) groups is 1. The number of halogens is 3. The van der Waals surface area contributed by atoms with Gasteiger partial charge >= 0.3 is 6.36 Å². The summed E-state index contributed by atoms with van der Waals surface area (Å²) in [5.41, 5.74) is 6.26. The lowest BCUT2D eigenvalue weighted by Gasteiger charge is -2.13. The number of hydrogen-bond acceptors (Lipinski definition) is 3. The summed E-state index contributed by atoms with van der Waals surface area (Å²) in [7, 11) is 0. The van der Waals surface area contributed by atoms with Crippen LogP contribution in [-0.4, -0.2) is 12.1 Å². The fraction of sp³-hybridized carbons (Fsp3) is 0.364. The van der Waals surface area contributed by atoms with Crippen molar-refractivity contribution in [1.82, 2.24) is 0 Å². The molecule has 6 heteroatoms. The van der Waals surface area contributed by atoms with Crippen molar-refractivity contribution in [2.75, 3.05) is 5.73 Å². The second kappa shape index (κ2) is 4.65. The predicted octanol–water partition coefficient (Wildman–Crippen LogP) is 3.07. The molecule has 0 spiro atoms. The monoisotopic (exact) mass is 247 g/mol. The molecule has 0 saturated carbocycles. The number of nitrogens with two attached hydrogens (primary N) is 1. The molecule has 94 valence electrons. The second-order valence-electron chi connectivity index (χ2n) is 3.53. The molecule has 1 rings (SSSR count). The molecule has 1 aromatic carbocycles. The zero-order chi connectivity index (χ0) is 13.2. The first-order chi connectivity index (χ1) is 7.74. The van der Waals surface area contributed by atoms with Crippen LogP contribution in [0.2, 0.25) is 0 Å². The quantitative estimate of drug-likeness (QED) is 0.659. The Hall–Kier alpha value is -1.72. The lowest BCUT2D eigenvalue weighted by molar-refractivity contribution is -0.274. The summed E-state index contributed by atoms with van der Waals surface area (Å²) in [6.07, 6.45) is -4.62. The topological polar surface area (TPSA) is 52.3 Å². The Morgan fingerprint density at radius 1 is 1.41 bits per heavy atom. The van der Waals surface area contributed by atoms with E-state index in [-0.39, 0.29) is 23.5 Å². The van der Waals surface area contributed by atoms with E-state index >= 15 is 0 Å². The number of aryl methyl sites for hydroxylation is 1. The van der Waals surface area contributed by atoms with Crippen molar-refractivity contribution in [2.45, 2.75) is 26.6 Å². The van der Waals surface area contributed by atoms with Crippen LogP contribution in [0.5, 0.6) is 5.75 Å². The fourth-order valence-corrected chi connectivity index (χ4v) is 1.38. The molecule has 2 N–H and O–H groups in total. The molecular formula is C11H12F3NO2. The molecule has 1 aromatic rings. The van der Waals surface area contributed by atoms with E-state index in [9.17, 15) is 18.0 Å². The lowest BCUT2D eigenvalue weighted by Crippen LogP contribution is -2.18. The number of ether oxygens (including phenoxy) is 1. The van der Waals surface area contributed by atoms with E-state index in [0.717, 1.165) is 12.1 Å². The average Bonchev–Trinajstić information content (AvgIpc) is 2.19. The van der Waals surface area contributed by atoms with Crippen molar-refractivity contribution in [3.8, 4) is 5.75 Å². The Morgan fingerprint density at radius 2 is 2.00 bits per heavy atom. The van der Waals surface area contributed by atoms with Gasteiger partial charge in [-0.15, -0.1) is 13.2 Å². The molecule has 0 radical (unpaired) electrons. The van der Waals surface area contributed by atoms with Crippen molar-refractivity contribution < 1.29 is 22.7 Å². The van der Waals surface area contributed by atoms with Gasteiger partial charge in [-0.3, -0.25) is 4.79 Å². The van der Waals surface area contributed by atoms with Gasteiger partial charge in [0.05, 0.1) is 0 Å². The Labute approximate surface area is 96.4 Å². The van der Waals surface area contributed by atoms with Gasteiger partial charge in [0.15, 0.2) is 5.78 Å². The summed E-state index contributed by atoms with van der Waals surface area (Å²) in [6.45, 7) is 3.12. The second-order valence-corrected chi connectivity index (χ2v) is 3.53. The van der Waals surface area contributed by atoms with Crippen LogP contribution >= 0.6 is 0 Å². The largest absolute Gasteiger partial charge is 0.573 e. The first-order valence-corrected chi connectivity index (χ1v) is 4.93. The highest BCUT2D eigenvalue weighted by Gasteiger charge is 2.31. The molecule has 3 nitrogen and oxygen atoms in total. The third kappa shape index (κ3) is 3.37. The van der Waals surface area contributed by atoms with Gasteiger partial charge in [-0.25, -0.2) is 0 Å². The summed E-state index contributed by atoms with van der Waals surface area (Å²) < 4.78 is 39.9. The number of nitrogen functional groups attached to an aromatic ring is 1. The number of benzene rings is 1. The molecule has 0 unspecified atom stereocenters. The highest BCUT2D eigenvalue weighted by molar-refractivity contribution is 6.01. The van der Waals surface area contributed by atoms with E-state index in [0.29, 0.717) is 5.56 Å². The lowest BCUT2D eigenvalue weighted by atomic mass is 10.0. The SMILES string of the molecule is CCC(=O)c1cc(OC(F)(F)F)cc(C)c1N. The van der Waals surface area contributed by atoms with Gasteiger partial charge in [-0.2, -0.15) is 0 Å².